The van der Waals surface area contributed by atoms with E-state index in [0.717, 1.165) is 36.4 Å². The van der Waals surface area contributed by atoms with Crippen molar-refractivity contribution in [2.45, 2.75) is 44.7 Å². The highest BCUT2D eigenvalue weighted by Gasteiger charge is 2.37. The van der Waals surface area contributed by atoms with Crippen LogP contribution in [0.5, 0.6) is 0 Å². The smallest absolute Gasteiger partial charge is 0.317 e. The summed E-state index contributed by atoms with van der Waals surface area (Å²) in [6.07, 6.45) is 8.03. The van der Waals surface area contributed by atoms with Gasteiger partial charge in [0.15, 0.2) is 5.82 Å². The third kappa shape index (κ3) is 3.21. The molecule has 2 aromatic heterocycles. The topological polar surface area (TPSA) is 82.8 Å². The first-order valence-corrected chi connectivity index (χ1v) is 8.62. The number of rotatable bonds is 7. The summed E-state index contributed by atoms with van der Waals surface area (Å²) in [7, 11) is 0. The number of fused-ring (bicyclic) bond motifs is 1. The van der Waals surface area contributed by atoms with Crippen LogP contribution in [-0.2, 0) is 4.79 Å². The van der Waals surface area contributed by atoms with Crippen molar-refractivity contribution in [3.8, 4) is 0 Å². The molecule has 0 unspecified atom stereocenters. The van der Waals surface area contributed by atoms with Gasteiger partial charge in [-0.1, -0.05) is 0 Å². The summed E-state index contributed by atoms with van der Waals surface area (Å²) in [6, 6.07) is 2.74. The Labute approximate surface area is 140 Å². The lowest BCUT2D eigenvalue weighted by atomic mass is 9.85. The van der Waals surface area contributed by atoms with Gasteiger partial charge in [0.05, 0.1) is 12.2 Å². The van der Waals surface area contributed by atoms with Gasteiger partial charge in [0.2, 0.25) is 0 Å². The number of aryl methyl sites for hydroxylation is 1. The number of nitrogens with zero attached hydrogens (tertiary/aromatic N) is 4. The Kier molecular flexibility index (Phi) is 3.88. The highest BCUT2D eigenvalue weighted by Crippen LogP contribution is 2.34. The molecule has 0 bridgehead atoms. The van der Waals surface area contributed by atoms with E-state index in [1.165, 1.54) is 12.8 Å². The van der Waals surface area contributed by atoms with Crippen LogP contribution in [0.3, 0.4) is 0 Å². The summed E-state index contributed by atoms with van der Waals surface area (Å²) in [6.45, 7) is 3.06. The third-order valence-electron chi connectivity index (χ3n) is 5.01. The average Bonchev–Trinajstić information content (AvgIpc) is 3.20. The molecular weight excluding hydrogens is 306 g/mol. The van der Waals surface area contributed by atoms with E-state index in [9.17, 15) is 4.79 Å². The van der Waals surface area contributed by atoms with E-state index in [0.29, 0.717) is 18.0 Å². The van der Waals surface area contributed by atoms with Gasteiger partial charge in [0.1, 0.15) is 5.52 Å². The minimum absolute atomic E-state index is 0.156. The second-order valence-corrected chi connectivity index (χ2v) is 7.12. The van der Waals surface area contributed by atoms with Crippen LogP contribution in [0.1, 0.15) is 31.4 Å². The first-order valence-electron chi connectivity index (χ1n) is 8.62. The van der Waals surface area contributed by atoms with Crippen molar-refractivity contribution < 1.29 is 9.90 Å². The van der Waals surface area contributed by atoms with Crippen LogP contribution < -0.4 is 5.32 Å². The van der Waals surface area contributed by atoms with E-state index in [1.807, 2.05) is 23.7 Å². The molecule has 2 heterocycles. The van der Waals surface area contributed by atoms with Crippen molar-refractivity contribution in [3.05, 3.63) is 24.2 Å². The van der Waals surface area contributed by atoms with E-state index in [2.05, 4.69) is 20.3 Å². The largest absolute Gasteiger partial charge is 0.480 e. The molecule has 0 aliphatic heterocycles. The second kappa shape index (κ2) is 6.05. The Hall–Kier alpha value is -2.15. The maximum atomic E-state index is 11.1. The van der Waals surface area contributed by atoms with Crippen LogP contribution in [0.25, 0.3) is 5.52 Å². The van der Waals surface area contributed by atoms with Gasteiger partial charge in [-0.2, -0.15) is 5.10 Å². The van der Waals surface area contributed by atoms with Gasteiger partial charge in [0, 0.05) is 31.0 Å². The molecule has 7 nitrogen and oxygen atoms in total. The molecule has 0 amide bonds. The molecule has 4 rings (SSSR count). The van der Waals surface area contributed by atoms with E-state index in [-0.39, 0.29) is 6.54 Å². The van der Waals surface area contributed by atoms with Gasteiger partial charge < -0.3 is 10.4 Å². The monoisotopic (exact) mass is 329 g/mol. The average molecular weight is 329 g/mol. The Morgan fingerprint density at radius 2 is 2.25 bits per heavy atom. The summed E-state index contributed by atoms with van der Waals surface area (Å²) in [5, 5.41) is 17.0. The normalized spacial score (nSPS) is 23.4. The Bertz CT molecular complexity index is 749. The van der Waals surface area contributed by atoms with Crippen molar-refractivity contribution in [2.75, 3.05) is 18.4 Å². The quantitative estimate of drug-likeness (QED) is 0.806. The van der Waals surface area contributed by atoms with Crippen LogP contribution in [0, 0.1) is 12.8 Å². The maximum Gasteiger partial charge on any atom is 0.317 e. The summed E-state index contributed by atoms with van der Waals surface area (Å²) < 4.78 is 1.84. The predicted molar refractivity (Wildman–Crippen MR) is 90.1 cm³/mol. The summed E-state index contributed by atoms with van der Waals surface area (Å²) in [5.41, 5.74) is 1.95. The van der Waals surface area contributed by atoms with Crippen LogP contribution in [0.15, 0.2) is 18.5 Å². The first kappa shape index (κ1) is 15.4. The minimum atomic E-state index is -0.728. The molecule has 0 aromatic carbocycles. The molecule has 7 heteroatoms. The predicted octanol–water partition coefficient (Wildman–Crippen LogP) is 1.78. The standard InChI is InChI=1S/C17H23N5O2/c1-11-6-15-17(18-4-5-22(15)20-11)19-13-7-14(8-13)21(10-16(23)24)9-12-2-3-12/h4-6,12-14H,2-3,7-10H2,1H3,(H,18,19)(H,23,24). The third-order valence-corrected chi connectivity index (χ3v) is 5.01. The van der Waals surface area contributed by atoms with Crippen LogP contribution in [0.4, 0.5) is 5.82 Å². The molecule has 0 radical (unpaired) electrons. The molecule has 2 aliphatic carbocycles. The number of aromatic nitrogens is 3. The van der Waals surface area contributed by atoms with Gasteiger partial charge in [-0.15, -0.1) is 0 Å². The molecular formula is C17H23N5O2. The van der Waals surface area contributed by atoms with Gasteiger partial charge >= 0.3 is 5.97 Å². The summed E-state index contributed by atoms with van der Waals surface area (Å²) in [5.74, 6) is 0.836. The maximum absolute atomic E-state index is 11.1. The van der Waals surface area contributed by atoms with Crippen molar-refractivity contribution in [1.82, 2.24) is 19.5 Å². The Morgan fingerprint density at radius 1 is 1.46 bits per heavy atom. The molecule has 2 fully saturated rings. The molecule has 0 saturated heterocycles. The molecule has 24 heavy (non-hydrogen) atoms. The summed E-state index contributed by atoms with van der Waals surface area (Å²) >= 11 is 0. The van der Waals surface area contributed by atoms with Crippen LogP contribution in [0.2, 0.25) is 0 Å². The summed E-state index contributed by atoms with van der Waals surface area (Å²) in [4.78, 5) is 17.7. The molecule has 0 atom stereocenters. The molecule has 2 saturated carbocycles. The lowest BCUT2D eigenvalue weighted by molar-refractivity contribution is -0.139. The fraction of sp³-hybridized carbons (Fsp3) is 0.588. The van der Waals surface area contributed by atoms with Crippen LogP contribution >= 0.6 is 0 Å². The van der Waals surface area contributed by atoms with Crippen LogP contribution in [-0.4, -0.2) is 55.7 Å². The van der Waals surface area contributed by atoms with Gasteiger partial charge in [-0.05, 0) is 44.6 Å². The lowest BCUT2D eigenvalue weighted by Gasteiger charge is -2.43. The number of carboxylic acids is 1. The van der Waals surface area contributed by atoms with Crippen molar-refractivity contribution in [2.24, 2.45) is 5.92 Å². The SMILES string of the molecule is Cc1cc2c(NC3CC(N(CC(=O)O)CC4CC4)C3)nccn2n1. The zero-order valence-electron chi connectivity index (χ0n) is 13.9. The number of anilines is 1. The zero-order chi connectivity index (χ0) is 16.7. The zero-order valence-corrected chi connectivity index (χ0v) is 13.9. The van der Waals surface area contributed by atoms with E-state index in [4.69, 9.17) is 5.11 Å². The first-order chi connectivity index (χ1) is 11.6. The molecule has 2 aromatic rings. The number of aliphatic carboxylic acids is 1. The Balaban J connectivity index is 1.38. The number of carboxylic acid groups (broad SMARTS) is 1. The van der Waals surface area contributed by atoms with Gasteiger partial charge in [-0.3, -0.25) is 9.69 Å². The minimum Gasteiger partial charge on any atom is -0.480 e. The Morgan fingerprint density at radius 3 is 2.96 bits per heavy atom. The number of carbonyl (C=O) groups is 1. The van der Waals surface area contributed by atoms with E-state index in [1.54, 1.807) is 6.20 Å². The van der Waals surface area contributed by atoms with Crippen molar-refractivity contribution in [3.63, 3.8) is 0 Å². The molecule has 128 valence electrons. The van der Waals surface area contributed by atoms with E-state index < -0.39 is 5.97 Å². The van der Waals surface area contributed by atoms with Gasteiger partial charge in [0.25, 0.3) is 0 Å². The number of nitrogens with one attached hydrogen (secondary N) is 1. The molecule has 2 aliphatic rings. The molecule has 0 spiro atoms. The fourth-order valence-electron chi connectivity index (χ4n) is 3.50. The van der Waals surface area contributed by atoms with Gasteiger partial charge in [-0.25, -0.2) is 9.50 Å². The highest BCUT2D eigenvalue weighted by atomic mass is 16.4. The van der Waals surface area contributed by atoms with Crippen molar-refractivity contribution in [1.29, 1.82) is 0 Å². The number of hydrogen-bond donors (Lipinski definition) is 2. The lowest BCUT2D eigenvalue weighted by Crippen LogP contribution is -2.52. The highest BCUT2D eigenvalue weighted by molar-refractivity contribution is 5.69. The van der Waals surface area contributed by atoms with Crippen molar-refractivity contribution >= 4 is 17.3 Å². The molecule has 2 N–H and O–H groups in total. The fourth-order valence-corrected chi connectivity index (χ4v) is 3.50. The number of hydrogen-bond acceptors (Lipinski definition) is 5. The van der Waals surface area contributed by atoms with E-state index >= 15 is 0 Å². The second-order valence-electron chi connectivity index (χ2n) is 7.12.